The number of hydrogen-bond acceptors (Lipinski definition) is 3. The molecule has 0 bridgehead atoms. The molecule has 0 radical (unpaired) electrons. The molecule has 1 aromatic carbocycles. The molecule has 0 atom stereocenters. The maximum atomic E-state index is 11.3. The highest BCUT2D eigenvalue weighted by Crippen LogP contribution is 2.12. The minimum absolute atomic E-state index is 0.0329. The van der Waals surface area contributed by atoms with Crippen molar-refractivity contribution < 1.29 is 5.11 Å². The predicted octanol–water partition coefficient (Wildman–Crippen LogP) is 1.97. The van der Waals surface area contributed by atoms with E-state index in [0.717, 1.165) is 16.9 Å². The third-order valence-electron chi connectivity index (χ3n) is 2.22. The molecule has 0 amide bonds. The summed E-state index contributed by atoms with van der Waals surface area (Å²) in [5, 5.41) is 10.9. The number of hydrogen-bond donors (Lipinski definition) is 1. The highest BCUT2D eigenvalue weighted by molar-refractivity contribution is 7.07. The molecule has 4 heteroatoms. The van der Waals surface area contributed by atoms with Gasteiger partial charge >= 0.3 is 4.87 Å². The minimum Gasteiger partial charge on any atom is -0.494 e. The van der Waals surface area contributed by atoms with Gasteiger partial charge in [-0.05, 0) is 12.5 Å². The molecule has 78 valence electrons. The smallest absolute Gasteiger partial charge is 0.310 e. The molecular weight excluding hydrogens is 210 g/mol. The first-order chi connectivity index (χ1) is 7.16. The van der Waals surface area contributed by atoms with Crippen molar-refractivity contribution >= 4 is 11.3 Å². The van der Waals surface area contributed by atoms with Crippen molar-refractivity contribution in [3.63, 3.8) is 0 Å². The molecule has 0 fully saturated rings. The Hall–Kier alpha value is -1.55. The molecule has 1 heterocycles. The average Bonchev–Trinajstić information content (AvgIpc) is 2.53. The van der Waals surface area contributed by atoms with Crippen LogP contribution in [-0.2, 0) is 6.54 Å². The molecule has 2 aromatic rings. The number of aromatic nitrogens is 1. The summed E-state index contributed by atoms with van der Waals surface area (Å²) in [6.45, 7) is 2.44. The lowest BCUT2D eigenvalue weighted by molar-refractivity contribution is 0.421. The van der Waals surface area contributed by atoms with E-state index in [0.29, 0.717) is 6.54 Å². The number of nitrogens with zero attached hydrogens (tertiary/aromatic N) is 1. The first kappa shape index (κ1) is 9.98. The molecule has 1 N–H and O–H groups in total. The Balaban J connectivity index is 2.29. The fourth-order valence-corrected chi connectivity index (χ4v) is 1.96. The van der Waals surface area contributed by atoms with Gasteiger partial charge in [-0.1, -0.05) is 41.2 Å². The van der Waals surface area contributed by atoms with Gasteiger partial charge in [0.15, 0.2) is 0 Å². The van der Waals surface area contributed by atoms with Crippen molar-refractivity contribution in [2.45, 2.75) is 13.5 Å². The summed E-state index contributed by atoms with van der Waals surface area (Å²) >= 11 is 1.01. The van der Waals surface area contributed by atoms with Gasteiger partial charge in [-0.3, -0.25) is 9.36 Å². The van der Waals surface area contributed by atoms with Crippen molar-refractivity contribution in [2.24, 2.45) is 0 Å². The summed E-state index contributed by atoms with van der Waals surface area (Å²) in [6, 6.07) is 7.89. The highest BCUT2D eigenvalue weighted by atomic mass is 32.1. The van der Waals surface area contributed by atoms with Crippen LogP contribution in [0.15, 0.2) is 34.4 Å². The van der Waals surface area contributed by atoms with Gasteiger partial charge in [-0.25, -0.2) is 0 Å². The first-order valence-corrected chi connectivity index (χ1v) is 5.47. The Morgan fingerprint density at radius 1 is 1.33 bits per heavy atom. The predicted molar refractivity (Wildman–Crippen MR) is 60.5 cm³/mol. The molecule has 0 aliphatic rings. The lowest BCUT2D eigenvalue weighted by Gasteiger charge is -2.03. The fourth-order valence-electron chi connectivity index (χ4n) is 1.35. The van der Waals surface area contributed by atoms with Crippen LogP contribution in [0.3, 0.4) is 0 Å². The Kier molecular flexibility index (Phi) is 2.60. The minimum atomic E-state index is -0.131. The van der Waals surface area contributed by atoms with Crippen molar-refractivity contribution in [2.75, 3.05) is 0 Å². The van der Waals surface area contributed by atoms with Gasteiger partial charge in [0.05, 0.1) is 11.9 Å². The van der Waals surface area contributed by atoms with E-state index < -0.39 is 0 Å². The van der Waals surface area contributed by atoms with Gasteiger partial charge < -0.3 is 5.11 Å². The van der Waals surface area contributed by atoms with Crippen LogP contribution in [0, 0.1) is 6.92 Å². The van der Waals surface area contributed by atoms with Crippen molar-refractivity contribution in [3.05, 3.63) is 50.4 Å². The van der Waals surface area contributed by atoms with E-state index in [1.54, 1.807) is 0 Å². The van der Waals surface area contributed by atoms with Crippen molar-refractivity contribution in [1.82, 2.24) is 4.57 Å². The third-order valence-corrected chi connectivity index (χ3v) is 2.97. The van der Waals surface area contributed by atoms with Crippen LogP contribution >= 0.6 is 11.3 Å². The number of benzene rings is 1. The third kappa shape index (κ3) is 2.10. The molecule has 0 unspecified atom stereocenters. The van der Waals surface area contributed by atoms with Crippen LogP contribution < -0.4 is 4.87 Å². The maximum absolute atomic E-state index is 11.3. The Bertz CT molecular complexity index is 510. The van der Waals surface area contributed by atoms with E-state index in [9.17, 15) is 9.90 Å². The Morgan fingerprint density at radius 3 is 2.53 bits per heavy atom. The highest BCUT2D eigenvalue weighted by Gasteiger charge is 2.04. The lowest BCUT2D eigenvalue weighted by atomic mass is 10.1. The van der Waals surface area contributed by atoms with E-state index in [4.69, 9.17) is 0 Å². The zero-order valence-corrected chi connectivity index (χ0v) is 9.12. The molecule has 0 saturated heterocycles. The SMILES string of the molecule is Cc1ccc(Cn2c(O)csc2=O)cc1. The van der Waals surface area contributed by atoms with Gasteiger partial charge in [0.25, 0.3) is 0 Å². The van der Waals surface area contributed by atoms with Crippen LogP contribution in [0.4, 0.5) is 0 Å². The maximum Gasteiger partial charge on any atom is 0.310 e. The summed E-state index contributed by atoms with van der Waals surface area (Å²) in [4.78, 5) is 11.2. The zero-order valence-electron chi connectivity index (χ0n) is 8.30. The Labute approximate surface area is 91.2 Å². The van der Waals surface area contributed by atoms with E-state index in [1.165, 1.54) is 15.5 Å². The molecule has 1 aromatic heterocycles. The van der Waals surface area contributed by atoms with Gasteiger partial charge in [0.2, 0.25) is 5.88 Å². The number of aryl methyl sites for hydroxylation is 1. The second kappa shape index (κ2) is 3.90. The summed E-state index contributed by atoms with van der Waals surface area (Å²) < 4.78 is 1.36. The van der Waals surface area contributed by atoms with Crippen LogP contribution in [-0.4, -0.2) is 9.67 Å². The topological polar surface area (TPSA) is 42.2 Å². The summed E-state index contributed by atoms with van der Waals surface area (Å²) in [6.07, 6.45) is 0. The quantitative estimate of drug-likeness (QED) is 0.842. The van der Waals surface area contributed by atoms with Gasteiger partial charge in [-0.2, -0.15) is 0 Å². The second-order valence-electron chi connectivity index (χ2n) is 3.43. The normalized spacial score (nSPS) is 10.5. The van der Waals surface area contributed by atoms with Crippen molar-refractivity contribution in [3.8, 4) is 5.88 Å². The number of rotatable bonds is 2. The zero-order chi connectivity index (χ0) is 10.8. The molecule has 0 spiro atoms. The number of thiazole rings is 1. The molecular formula is C11H11NO2S. The standard InChI is InChI=1S/C11H11NO2S/c1-8-2-4-9(5-3-8)6-12-10(13)7-15-11(12)14/h2-5,7,13H,6H2,1H3. The van der Waals surface area contributed by atoms with E-state index in [2.05, 4.69) is 0 Å². The molecule has 3 nitrogen and oxygen atoms in total. The molecule has 0 saturated carbocycles. The summed E-state index contributed by atoms with van der Waals surface area (Å²) in [5.41, 5.74) is 2.19. The molecule has 15 heavy (non-hydrogen) atoms. The van der Waals surface area contributed by atoms with Gasteiger partial charge in [0.1, 0.15) is 0 Å². The lowest BCUT2D eigenvalue weighted by Crippen LogP contribution is -2.13. The monoisotopic (exact) mass is 221 g/mol. The van der Waals surface area contributed by atoms with Crippen LogP contribution in [0.5, 0.6) is 5.88 Å². The van der Waals surface area contributed by atoms with E-state index in [-0.39, 0.29) is 10.8 Å². The Morgan fingerprint density at radius 2 is 2.00 bits per heavy atom. The molecule has 2 rings (SSSR count). The van der Waals surface area contributed by atoms with Crippen molar-refractivity contribution in [1.29, 1.82) is 0 Å². The van der Waals surface area contributed by atoms with Crippen LogP contribution in [0.2, 0.25) is 0 Å². The second-order valence-corrected chi connectivity index (χ2v) is 4.25. The van der Waals surface area contributed by atoms with Gasteiger partial charge in [-0.15, -0.1) is 0 Å². The molecule has 0 aliphatic carbocycles. The van der Waals surface area contributed by atoms with E-state index >= 15 is 0 Å². The summed E-state index contributed by atoms with van der Waals surface area (Å²) in [5.74, 6) is 0.0329. The van der Waals surface area contributed by atoms with Gasteiger partial charge in [0, 0.05) is 0 Å². The number of aromatic hydroxyl groups is 1. The average molecular weight is 221 g/mol. The van der Waals surface area contributed by atoms with Crippen LogP contribution in [0.1, 0.15) is 11.1 Å². The fraction of sp³-hybridized carbons (Fsp3) is 0.182. The van der Waals surface area contributed by atoms with E-state index in [1.807, 2.05) is 31.2 Å². The summed E-state index contributed by atoms with van der Waals surface area (Å²) in [7, 11) is 0. The first-order valence-electron chi connectivity index (χ1n) is 4.59. The van der Waals surface area contributed by atoms with Crippen LogP contribution in [0.25, 0.3) is 0 Å². The largest absolute Gasteiger partial charge is 0.494 e. The molecule has 0 aliphatic heterocycles.